The fourth-order valence-corrected chi connectivity index (χ4v) is 4.62. The molecule has 8 nitrogen and oxygen atoms in total. The third kappa shape index (κ3) is 5.36. The monoisotopic (exact) mass is 529 g/mol. The predicted molar refractivity (Wildman–Crippen MR) is 147 cm³/mol. The van der Waals surface area contributed by atoms with Crippen LogP contribution in [0.4, 0.5) is 5.69 Å². The third-order valence-electron chi connectivity index (χ3n) is 6.48. The van der Waals surface area contributed by atoms with Crippen molar-refractivity contribution in [3.8, 4) is 11.5 Å². The van der Waals surface area contributed by atoms with E-state index >= 15 is 0 Å². The second kappa shape index (κ2) is 11.0. The number of hydrogen-bond donors (Lipinski definition) is 2. The number of phenols is 1. The molecule has 1 heterocycles. The van der Waals surface area contributed by atoms with Gasteiger partial charge < -0.3 is 19.7 Å². The lowest BCUT2D eigenvalue weighted by molar-refractivity contribution is -0.132. The largest absolute Gasteiger partial charge is 0.508 e. The molecule has 0 spiro atoms. The number of ether oxygens (including phenoxy) is 2. The van der Waals surface area contributed by atoms with Gasteiger partial charge in [-0.05, 0) is 79.4 Å². The molecule has 0 aromatic heterocycles. The van der Waals surface area contributed by atoms with Crippen molar-refractivity contribution in [1.29, 1.82) is 0 Å². The van der Waals surface area contributed by atoms with Gasteiger partial charge in [-0.3, -0.25) is 14.5 Å². The number of aliphatic hydroxyl groups excluding tert-OH is 1. The summed E-state index contributed by atoms with van der Waals surface area (Å²) in [6, 6.07) is 16.3. The number of Topliss-reactive ketones (excluding diaryl/α,β-unsaturated/α-hetero) is 1. The Balaban J connectivity index is 1.91. The van der Waals surface area contributed by atoms with E-state index in [1.165, 1.54) is 23.1 Å². The summed E-state index contributed by atoms with van der Waals surface area (Å²) >= 11 is 0. The molecule has 1 aliphatic heterocycles. The zero-order valence-corrected chi connectivity index (χ0v) is 22.5. The van der Waals surface area contributed by atoms with Gasteiger partial charge >= 0.3 is 5.97 Å². The first-order valence-electron chi connectivity index (χ1n) is 12.6. The van der Waals surface area contributed by atoms with Crippen molar-refractivity contribution in [2.75, 3.05) is 12.0 Å². The Bertz CT molecular complexity index is 1450. The van der Waals surface area contributed by atoms with Crippen molar-refractivity contribution in [1.82, 2.24) is 0 Å². The molecule has 1 aliphatic rings. The van der Waals surface area contributed by atoms with Crippen LogP contribution >= 0.6 is 0 Å². The van der Waals surface area contributed by atoms with Gasteiger partial charge in [0.15, 0.2) is 0 Å². The van der Waals surface area contributed by atoms with Gasteiger partial charge in [0, 0.05) is 11.3 Å². The molecule has 4 rings (SSSR count). The molecule has 0 radical (unpaired) electrons. The van der Waals surface area contributed by atoms with Crippen LogP contribution in [0.5, 0.6) is 11.5 Å². The van der Waals surface area contributed by atoms with Crippen LogP contribution < -0.4 is 9.64 Å². The van der Waals surface area contributed by atoms with Crippen LogP contribution in [0.15, 0.2) is 72.3 Å². The summed E-state index contributed by atoms with van der Waals surface area (Å²) in [5.74, 6) is -1.92. The number of hydrogen-bond acceptors (Lipinski definition) is 7. The van der Waals surface area contributed by atoms with Crippen molar-refractivity contribution in [2.24, 2.45) is 0 Å². The maximum Gasteiger partial charge on any atom is 0.338 e. The van der Waals surface area contributed by atoms with Crippen LogP contribution in [0.2, 0.25) is 0 Å². The van der Waals surface area contributed by atoms with Crippen molar-refractivity contribution in [3.63, 3.8) is 0 Å². The number of nitrogens with zero attached hydrogens (tertiary/aromatic N) is 1. The van der Waals surface area contributed by atoms with E-state index in [4.69, 9.17) is 9.47 Å². The van der Waals surface area contributed by atoms with Gasteiger partial charge in [0.2, 0.25) is 0 Å². The number of anilines is 1. The van der Waals surface area contributed by atoms with Crippen LogP contribution in [0.3, 0.4) is 0 Å². The molecule has 3 aromatic carbocycles. The Labute approximate surface area is 227 Å². The second-order valence-electron chi connectivity index (χ2n) is 9.88. The van der Waals surface area contributed by atoms with Gasteiger partial charge in [0.1, 0.15) is 17.3 Å². The number of rotatable bonds is 7. The molecule has 3 aromatic rings. The molecule has 202 valence electrons. The van der Waals surface area contributed by atoms with Crippen molar-refractivity contribution in [3.05, 3.63) is 94.6 Å². The fourth-order valence-electron chi connectivity index (χ4n) is 4.62. The van der Waals surface area contributed by atoms with Crippen molar-refractivity contribution in [2.45, 2.75) is 45.8 Å². The van der Waals surface area contributed by atoms with E-state index in [0.717, 1.165) is 5.56 Å². The smallest absolute Gasteiger partial charge is 0.338 e. The van der Waals surface area contributed by atoms with E-state index in [-0.39, 0.29) is 40.4 Å². The molecule has 0 aliphatic carbocycles. The number of phenolic OH excluding ortho intramolecular Hbond substituents is 1. The molecule has 39 heavy (non-hydrogen) atoms. The van der Waals surface area contributed by atoms with E-state index in [2.05, 4.69) is 0 Å². The molecule has 1 amide bonds. The maximum atomic E-state index is 13.5. The predicted octanol–water partition coefficient (Wildman–Crippen LogP) is 5.72. The van der Waals surface area contributed by atoms with Crippen LogP contribution in [-0.2, 0) is 14.3 Å². The number of ketones is 1. The highest BCUT2D eigenvalue weighted by Crippen LogP contribution is 2.43. The normalized spacial score (nSPS) is 16.7. The molecular formula is C31H31NO7. The molecule has 1 saturated heterocycles. The summed E-state index contributed by atoms with van der Waals surface area (Å²) in [6.45, 7) is 7.42. The average molecular weight is 530 g/mol. The molecule has 0 saturated carbocycles. The molecule has 1 fully saturated rings. The molecule has 2 N–H and O–H groups in total. The Kier molecular flexibility index (Phi) is 7.76. The van der Waals surface area contributed by atoms with Crippen LogP contribution in [0, 0.1) is 0 Å². The average Bonchev–Trinajstić information content (AvgIpc) is 3.18. The first kappa shape index (κ1) is 27.4. The van der Waals surface area contributed by atoms with E-state index < -0.39 is 23.7 Å². The Hall–Kier alpha value is -4.59. The summed E-state index contributed by atoms with van der Waals surface area (Å²) < 4.78 is 10.7. The lowest BCUT2D eigenvalue weighted by Gasteiger charge is -2.26. The third-order valence-corrected chi connectivity index (χ3v) is 6.48. The van der Waals surface area contributed by atoms with Gasteiger partial charge in [0.05, 0.1) is 30.4 Å². The van der Waals surface area contributed by atoms with Crippen LogP contribution in [-0.4, -0.2) is 41.1 Å². The first-order valence-corrected chi connectivity index (χ1v) is 12.6. The number of aliphatic hydroxyl groups is 1. The zero-order chi connectivity index (χ0) is 28.4. The number of aromatic hydroxyl groups is 1. The Morgan fingerprint density at radius 3 is 2.23 bits per heavy atom. The number of benzene rings is 3. The number of amides is 1. The van der Waals surface area contributed by atoms with E-state index in [0.29, 0.717) is 16.9 Å². The molecular weight excluding hydrogens is 498 g/mol. The summed E-state index contributed by atoms with van der Waals surface area (Å²) in [5, 5.41) is 21.4. The highest BCUT2D eigenvalue weighted by Gasteiger charge is 2.47. The summed E-state index contributed by atoms with van der Waals surface area (Å²) in [7, 11) is 1.56. The van der Waals surface area contributed by atoms with Crippen molar-refractivity contribution >= 4 is 29.1 Å². The molecule has 1 atom stereocenters. The fraction of sp³-hybridized carbons (Fsp3) is 0.258. The van der Waals surface area contributed by atoms with E-state index in [1.54, 1.807) is 69.5 Å². The molecule has 0 bridgehead atoms. The Morgan fingerprint density at radius 2 is 1.62 bits per heavy atom. The lowest BCUT2D eigenvalue weighted by atomic mass is 9.93. The van der Waals surface area contributed by atoms with Gasteiger partial charge in [-0.2, -0.15) is 0 Å². The first-order chi connectivity index (χ1) is 18.5. The van der Waals surface area contributed by atoms with Crippen LogP contribution in [0.25, 0.3) is 5.76 Å². The summed E-state index contributed by atoms with van der Waals surface area (Å²) in [5.41, 5.74) is 2.06. The van der Waals surface area contributed by atoms with Gasteiger partial charge in [-0.25, -0.2) is 4.79 Å². The van der Waals surface area contributed by atoms with Gasteiger partial charge in [0.25, 0.3) is 11.7 Å². The summed E-state index contributed by atoms with van der Waals surface area (Å²) in [6.07, 6.45) is -0.340. The highest BCUT2D eigenvalue weighted by atomic mass is 16.5. The van der Waals surface area contributed by atoms with Crippen LogP contribution in [0.1, 0.15) is 66.7 Å². The Morgan fingerprint density at radius 1 is 0.923 bits per heavy atom. The number of carbonyl (C=O) groups excluding carboxylic acids is 3. The van der Waals surface area contributed by atoms with Gasteiger partial charge in [-0.1, -0.05) is 32.0 Å². The molecule has 1 unspecified atom stereocenters. The van der Waals surface area contributed by atoms with E-state index in [9.17, 15) is 24.6 Å². The summed E-state index contributed by atoms with van der Waals surface area (Å²) in [4.78, 5) is 40.8. The highest BCUT2D eigenvalue weighted by molar-refractivity contribution is 6.51. The van der Waals surface area contributed by atoms with Crippen molar-refractivity contribution < 1.29 is 34.1 Å². The number of carbonyl (C=O) groups is 3. The van der Waals surface area contributed by atoms with Gasteiger partial charge in [-0.15, -0.1) is 0 Å². The molecule has 8 heteroatoms. The minimum atomic E-state index is -1.02. The SMILES string of the molecule is COc1ccc(/C(O)=C2/C(=O)C(=O)N(c3cccc(C(=O)OC(C)C)c3)C2c2ccc(O)cc2)cc1C(C)C. The zero-order valence-electron chi connectivity index (χ0n) is 22.5. The number of esters is 1. The standard InChI is InChI=1S/C31H31NO7/c1-17(2)24-16-20(11-14-25(24)38-5)28(34)26-27(19-9-12-23(33)13-10-19)32(30(36)29(26)35)22-8-6-7-21(15-22)31(37)39-18(3)4/h6-18,27,33-34H,1-5H3/b28-26-. The number of methoxy groups -OCH3 is 1. The lowest BCUT2D eigenvalue weighted by Crippen LogP contribution is -2.29. The minimum Gasteiger partial charge on any atom is -0.508 e. The van der Waals surface area contributed by atoms with E-state index in [1.807, 2.05) is 13.8 Å². The topological polar surface area (TPSA) is 113 Å². The maximum absolute atomic E-state index is 13.5. The minimum absolute atomic E-state index is 0.00543. The second-order valence-corrected chi connectivity index (χ2v) is 9.88. The quantitative estimate of drug-likeness (QED) is 0.174.